The Morgan fingerprint density at radius 2 is 2.19 bits per heavy atom. The lowest BCUT2D eigenvalue weighted by molar-refractivity contribution is 0.0909. The maximum absolute atomic E-state index is 12.7. The Bertz CT molecular complexity index is 838. The normalized spacial score (nSPS) is 15.8. The van der Waals surface area contributed by atoms with Gasteiger partial charge in [-0.2, -0.15) is 16.4 Å². The average molecular weight is 367 g/mol. The van der Waals surface area contributed by atoms with Crippen LogP contribution in [0.5, 0.6) is 0 Å². The fourth-order valence-corrected chi connectivity index (χ4v) is 3.98. The van der Waals surface area contributed by atoms with E-state index >= 15 is 0 Å². The Balaban J connectivity index is 1.32. The van der Waals surface area contributed by atoms with Gasteiger partial charge in [-0.15, -0.1) is 0 Å². The highest BCUT2D eigenvalue weighted by molar-refractivity contribution is 7.08. The number of carbonyl (C=O) groups is 1. The first kappa shape index (κ1) is 16.9. The maximum Gasteiger partial charge on any atom is 0.255 e. The van der Waals surface area contributed by atoms with Gasteiger partial charge in [0, 0.05) is 49.0 Å². The number of aromatic amines is 1. The molecular weight excluding hydrogens is 346 g/mol. The van der Waals surface area contributed by atoms with Gasteiger partial charge in [-0.05, 0) is 35.9 Å². The summed E-state index contributed by atoms with van der Waals surface area (Å²) < 4.78 is 0. The van der Waals surface area contributed by atoms with Crippen molar-refractivity contribution >= 4 is 17.2 Å². The van der Waals surface area contributed by atoms with Gasteiger partial charge in [0.1, 0.15) is 0 Å². The van der Waals surface area contributed by atoms with Gasteiger partial charge in [-0.25, -0.2) is 0 Å². The van der Waals surface area contributed by atoms with Gasteiger partial charge < -0.3 is 5.32 Å². The van der Waals surface area contributed by atoms with E-state index in [1.54, 1.807) is 23.7 Å². The van der Waals surface area contributed by atoms with Crippen molar-refractivity contribution in [3.05, 3.63) is 58.7 Å². The Kier molecular flexibility index (Phi) is 5.08. The highest BCUT2D eigenvalue weighted by Gasteiger charge is 2.23. The molecule has 0 bridgehead atoms. The summed E-state index contributed by atoms with van der Waals surface area (Å²) in [5.74, 6) is -0.0503. The smallest absolute Gasteiger partial charge is 0.255 e. The van der Waals surface area contributed by atoms with Gasteiger partial charge >= 0.3 is 0 Å². The van der Waals surface area contributed by atoms with Crippen LogP contribution in [0.15, 0.2) is 47.5 Å². The van der Waals surface area contributed by atoms with Crippen LogP contribution in [0.25, 0.3) is 11.3 Å². The minimum absolute atomic E-state index is 0.0503. The molecule has 1 fully saturated rings. The number of pyridine rings is 1. The lowest BCUT2D eigenvalue weighted by Crippen LogP contribution is -2.44. The maximum atomic E-state index is 12.7. The number of hydrogen-bond acceptors (Lipinski definition) is 5. The number of aromatic nitrogens is 3. The van der Waals surface area contributed by atoms with Crippen LogP contribution >= 0.6 is 11.3 Å². The zero-order valence-electron chi connectivity index (χ0n) is 14.4. The molecule has 0 unspecified atom stereocenters. The molecule has 0 aromatic carbocycles. The number of rotatable bonds is 5. The topological polar surface area (TPSA) is 73.9 Å². The summed E-state index contributed by atoms with van der Waals surface area (Å²) in [5, 5.41) is 14.2. The molecule has 4 rings (SSSR count). The first-order valence-corrected chi connectivity index (χ1v) is 9.72. The summed E-state index contributed by atoms with van der Waals surface area (Å²) >= 11 is 1.61. The van der Waals surface area contributed by atoms with E-state index in [4.69, 9.17) is 0 Å². The van der Waals surface area contributed by atoms with Crippen molar-refractivity contribution in [2.75, 3.05) is 13.1 Å². The first-order chi connectivity index (χ1) is 12.8. The molecule has 3 aromatic rings. The molecule has 0 atom stereocenters. The molecular formula is C19H21N5OS. The van der Waals surface area contributed by atoms with E-state index in [1.807, 2.05) is 29.1 Å². The van der Waals surface area contributed by atoms with E-state index in [1.165, 1.54) is 5.56 Å². The summed E-state index contributed by atoms with van der Waals surface area (Å²) in [7, 11) is 0. The number of piperidine rings is 1. The molecule has 0 radical (unpaired) electrons. The van der Waals surface area contributed by atoms with Gasteiger partial charge in [0.2, 0.25) is 0 Å². The van der Waals surface area contributed by atoms with Crippen molar-refractivity contribution in [1.29, 1.82) is 0 Å². The fourth-order valence-electron chi connectivity index (χ4n) is 3.33. The standard InChI is InChI=1S/C19H21N5OS/c25-19(17-11-21-23-18(17)15-5-9-26-13-15)22-16-3-7-24(8-4-16)12-14-2-1-6-20-10-14/h1-2,5-6,9-11,13,16H,3-4,7-8,12H2,(H,21,23)(H,22,25). The second-order valence-electron chi connectivity index (χ2n) is 6.56. The predicted molar refractivity (Wildman–Crippen MR) is 102 cm³/mol. The zero-order chi connectivity index (χ0) is 17.8. The Morgan fingerprint density at radius 3 is 2.92 bits per heavy atom. The quantitative estimate of drug-likeness (QED) is 0.727. The van der Waals surface area contributed by atoms with Crippen LogP contribution in [0.3, 0.4) is 0 Å². The molecule has 1 aliphatic rings. The number of hydrogen-bond donors (Lipinski definition) is 2. The fraction of sp³-hybridized carbons (Fsp3) is 0.316. The predicted octanol–water partition coefficient (Wildman–Crippen LogP) is 2.93. The number of nitrogens with zero attached hydrogens (tertiary/aromatic N) is 3. The number of nitrogens with one attached hydrogen (secondary N) is 2. The lowest BCUT2D eigenvalue weighted by Gasteiger charge is -2.32. The molecule has 0 aliphatic carbocycles. The van der Waals surface area contributed by atoms with Crippen LogP contribution in [0.4, 0.5) is 0 Å². The molecule has 0 spiro atoms. The Morgan fingerprint density at radius 1 is 1.31 bits per heavy atom. The van der Waals surface area contributed by atoms with Crippen LogP contribution < -0.4 is 5.32 Å². The van der Waals surface area contributed by atoms with Crippen molar-refractivity contribution in [3.63, 3.8) is 0 Å². The highest BCUT2D eigenvalue weighted by atomic mass is 32.1. The van der Waals surface area contributed by atoms with Crippen LogP contribution in [-0.2, 0) is 6.54 Å². The average Bonchev–Trinajstić information content (AvgIpc) is 3.35. The number of amides is 1. The number of carbonyl (C=O) groups excluding carboxylic acids is 1. The summed E-state index contributed by atoms with van der Waals surface area (Å²) in [6.07, 6.45) is 7.24. The zero-order valence-corrected chi connectivity index (χ0v) is 15.2. The highest BCUT2D eigenvalue weighted by Crippen LogP contribution is 2.24. The first-order valence-electron chi connectivity index (χ1n) is 8.77. The van der Waals surface area contributed by atoms with Gasteiger partial charge in [0.25, 0.3) is 5.91 Å². The Hall–Kier alpha value is -2.51. The van der Waals surface area contributed by atoms with E-state index in [2.05, 4.69) is 31.5 Å². The third kappa shape index (κ3) is 3.84. The summed E-state index contributed by atoms with van der Waals surface area (Å²) in [4.78, 5) is 19.3. The molecule has 1 aliphatic heterocycles. The van der Waals surface area contributed by atoms with Gasteiger partial charge in [-0.1, -0.05) is 6.07 Å². The van der Waals surface area contributed by atoms with Crippen LogP contribution in [0.1, 0.15) is 28.8 Å². The minimum atomic E-state index is -0.0503. The second kappa shape index (κ2) is 7.80. The molecule has 2 N–H and O–H groups in total. The summed E-state index contributed by atoms with van der Waals surface area (Å²) in [6, 6.07) is 6.27. The van der Waals surface area contributed by atoms with Gasteiger partial charge in [0.05, 0.1) is 17.5 Å². The molecule has 6 nitrogen and oxygen atoms in total. The monoisotopic (exact) mass is 367 g/mol. The van der Waals surface area contributed by atoms with E-state index in [0.29, 0.717) is 5.56 Å². The minimum Gasteiger partial charge on any atom is -0.349 e. The van der Waals surface area contributed by atoms with E-state index < -0.39 is 0 Å². The van der Waals surface area contributed by atoms with Crippen LogP contribution in [-0.4, -0.2) is 45.1 Å². The van der Waals surface area contributed by atoms with Crippen molar-refractivity contribution in [1.82, 2.24) is 25.4 Å². The van der Waals surface area contributed by atoms with E-state index in [-0.39, 0.29) is 11.9 Å². The van der Waals surface area contributed by atoms with E-state index in [9.17, 15) is 4.79 Å². The Labute approximate surface area is 156 Å². The SMILES string of the molecule is O=C(NC1CCN(Cc2cccnc2)CC1)c1cn[nH]c1-c1ccsc1. The van der Waals surface area contributed by atoms with Crippen LogP contribution in [0, 0.1) is 0 Å². The molecule has 7 heteroatoms. The molecule has 0 saturated carbocycles. The van der Waals surface area contributed by atoms with E-state index in [0.717, 1.165) is 43.7 Å². The van der Waals surface area contributed by atoms with Crippen LogP contribution in [0.2, 0.25) is 0 Å². The number of likely N-dealkylation sites (tertiary alicyclic amines) is 1. The molecule has 134 valence electrons. The largest absolute Gasteiger partial charge is 0.349 e. The van der Waals surface area contributed by atoms with Gasteiger partial charge in [0.15, 0.2) is 0 Å². The van der Waals surface area contributed by atoms with Crippen molar-refractivity contribution in [2.45, 2.75) is 25.4 Å². The molecule has 26 heavy (non-hydrogen) atoms. The third-order valence-electron chi connectivity index (χ3n) is 4.75. The summed E-state index contributed by atoms with van der Waals surface area (Å²) in [6.45, 7) is 2.86. The molecule has 3 aromatic heterocycles. The summed E-state index contributed by atoms with van der Waals surface area (Å²) in [5.41, 5.74) is 3.64. The third-order valence-corrected chi connectivity index (χ3v) is 5.43. The second-order valence-corrected chi connectivity index (χ2v) is 7.34. The number of H-pyrrole nitrogens is 1. The molecule has 4 heterocycles. The van der Waals surface area contributed by atoms with Gasteiger partial charge in [-0.3, -0.25) is 19.8 Å². The molecule has 1 amide bonds. The molecule has 1 saturated heterocycles. The number of thiophene rings is 1. The van der Waals surface area contributed by atoms with Crippen molar-refractivity contribution in [3.8, 4) is 11.3 Å². The van der Waals surface area contributed by atoms with Crippen molar-refractivity contribution < 1.29 is 4.79 Å². The van der Waals surface area contributed by atoms with Crippen molar-refractivity contribution in [2.24, 2.45) is 0 Å². The lowest BCUT2D eigenvalue weighted by atomic mass is 10.0.